The summed E-state index contributed by atoms with van der Waals surface area (Å²) >= 11 is 5.78. The first-order chi connectivity index (χ1) is 6.18. The second-order valence-corrected chi connectivity index (χ2v) is 3.49. The Kier molecular flexibility index (Phi) is 1.96. The number of hydrogen-bond acceptors (Lipinski definition) is 2. The van der Waals surface area contributed by atoms with Crippen LogP contribution in [0.2, 0.25) is 5.02 Å². The number of nitrogens with zero attached hydrogens (tertiary/aromatic N) is 2. The van der Waals surface area contributed by atoms with Crippen molar-refractivity contribution in [3.8, 4) is 0 Å². The van der Waals surface area contributed by atoms with Gasteiger partial charge in [0.05, 0.1) is 5.02 Å². The summed E-state index contributed by atoms with van der Waals surface area (Å²) in [5.41, 5.74) is 1.06. The molecule has 2 heterocycles. The monoisotopic (exact) mass is 196 g/mol. The van der Waals surface area contributed by atoms with Crippen LogP contribution in [0, 0.1) is 0 Å². The molecule has 0 saturated carbocycles. The lowest BCUT2D eigenvalue weighted by Gasteiger charge is -2.12. The molecular formula is C9H9ClN2O. The third kappa shape index (κ3) is 1.40. The maximum atomic E-state index is 11.1. The van der Waals surface area contributed by atoms with Gasteiger partial charge in [-0.2, -0.15) is 0 Å². The van der Waals surface area contributed by atoms with Gasteiger partial charge in [-0.1, -0.05) is 11.6 Å². The Labute approximate surface area is 81.3 Å². The zero-order valence-electron chi connectivity index (χ0n) is 7.25. The van der Waals surface area contributed by atoms with Crippen molar-refractivity contribution in [1.82, 2.24) is 4.98 Å². The lowest BCUT2D eigenvalue weighted by molar-refractivity contribution is -0.116. The van der Waals surface area contributed by atoms with E-state index in [0.717, 1.165) is 24.3 Å². The highest BCUT2D eigenvalue weighted by atomic mass is 35.5. The Balaban J connectivity index is 2.44. The molecule has 4 heteroatoms. The molecule has 0 aromatic carbocycles. The van der Waals surface area contributed by atoms with E-state index in [1.807, 2.05) is 6.07 Å². The van der Waals surface area contributed by atoms with Crippen LogP contribution in [0.3, 0.4) is 0 Å². The van der Waals surface area contributed by atoms with E-state index in [1.54, 1.807) is 18.0 Å². The SMILES string of the molecule is CC(=O)N1CCc2cc(Cl)cnc21. The van der Waals surface area contributed by atoms with Gasteiger partial charge in [0.15, 0.2) is 0 Å². The molecule has 13 heavy (non-hydrogen) atoms. The summed E-state index contributed by atoms with van der Waals surface area (Å²) in [7, 11) is 0. The second-order valence-electron chi connectivity index (χ2n) is 3.06. The zero-order chi connectivity index (χ0) is 9.42. The van der Waals surface area contributed by atoms with E-state index >= 15 is 0 Å². The molecule has 1 amide bonds. The molecule has 0 spiro atoms. The van der Waals surface area contributed by atoms with Crippen molar-refractivity contribution < 1.29 is 4.79 Å². The highest BCUT2D eigenvalue weighted by Gasteiger charge is 2.23. The minimum absolute atomic E-state index is 0.0357. The topological polar surface area (TPSA) is 33.2 Å². The largest absolute Gasteiger partial charge is 0.297 e. The summed E-state index contributed by atoms with van der Waals surface area (Å²) in [6.45, 7) is 2.27. The smallest absolute Gasteiger partial charge is 0.225 e. The Morgan fingerprint density at radius 2 is 2.46 bits per heavy atom. The maximum Gasteiger partial charge on any atom is 0.225 e. The molecule has 0 radical (unpaired) electrons. The van der Waals surface area contributed by atoms with Crippen molar-refractivity contribution >= 4 is 23.3 Å². The van der Waals surface area contributed by atoms with Crippen LogP contribution in [0.1, 0.15) is 12.5 Å². The zero-order valence-corrected chi connectivity index (χ0v) is 8.01. The van der Waals surface area contributed by atoms with Gasteiger partial charge >= 0.3 is 0 Å². The highest BCUT2D eigenvalue weighted by Crippen LogP contribution is 2.27. The summed E-state index contributed by atoms with van der Waals surface area (Å²) in [4.78, 5) is 17.0. The van der Waals surface area contributed by atoms with Gasteiger partial charge in [0, 0.05) is 19.7 Å². The molecule has 0 saturated heterocycles. The Bertz CT molecular complexity index is 365. The number of carbonyl (C=O) groups excluding carboxylic acids is 1. The quantitative estimate of drug-likeness (QED) is 0.632. The van der Waals surface area contributed by atoms with E-state index in [1.165, 1.54) is 0 Å². The van der Waals surface area contributed by atoms with Crippen LogP contribution in [0.5, 0.6) is 0 Å². The van der Waals surface area contributed by atoms with Gasteiger partial charge in [-0.15, -0.1) is 0 Å². The number of amides is 1. The Hall–Kier alpha value is -1.09. The first-order valence-corrected chi connectivity index (χ1v) is 4.49. The normalized spacial score (nSPS) is 14.5. The third-order valence-electron chi connectivity index (χ3n) is 2.15. The van der Waals surface area contributed by atoms with E-state index in [-0.39, 0.29) is 5.91 Å². The summed E-state index contributed by atoms with van der Waals surface area (Å²) in [6.07, 6.45) is 2.42. The molecule has 0 atom stereocenters. The van der Waals surface area contributed by atoms with Crippen LogP contribution < -0.4 is 4.90 Å². The van der Waals surface area contributed by atoms with Crippen molar-refractivity contribution in [3.63, 3.8) is 0 Å². The Morgan fingerprint density at radius 1 is 1.69 bits per heavy atom. The molecule has 0 fully saturated rings. The van der Waals surface area contributed by atoms with Crippen LogP contribution in [0.15, 0.2) is 12.3 Å². The van der Waals surface area contributed by atoms with Gasteiger partial charge < -0.3 is 0 Å². The molecule has 0 N–H and O–H groups in total. The van der Waals surface area contributed by atoms with Crippen molar-refractivity contribution in [1.29, 1.82) is 0 Å². The molecule has 1 aromatic heterocycles. The van der Waals surface area contributed by atoms with E-state index in [4.69, 9.17) is 11.6 Å². The molecule has 0 aliphatic carbocycles. The molecule has 1 aliphatic heterocycles. The number of rotatable bonds is 0. The van der Waals surface area contributed by atoms with Crippen molar-refractivity contribution in [3.05, 3.63) is 22.8 Å². The van der Waals surface area contributed by atoms with Gasteiger partial charge in [-0.3, -0.25) is 9.69 Å². The molecule has 1 aromatic rings. The molecule has 2 rings (SSSR count). The first-order valence-electron chi connectivity index (χ1n) is 4.11. The van der Waals surface area contributed by atoms with E-state index in [0.29, 0.717) is 5.02 Å². The number of anilines is 1. The number of carbonyl (C=O) groups is 1. The molecule has 0 unspecified atom stereocenters. The number of halogens is 1. The lowest BCUT2D eigenvalue weighted by atomic mass is 10.2. The fraction of sp³-hybridized carbons (Fsp3) is 0.333. The molecule has 3 nitrogen and oxygen atoms in total. The first kappa shape index (κ1) is 8.51. The average Bonchev–Trinajstić information content (AvgIpc) is 2.46. The number of pyridine rings is 1. The van der Waals surface area contributed by atoms with Crippen molar-refractivity contribution in [2.24, 2.45) is 0 Å². The van der Waals surface area contributed by atoms with E-state index in [2.05, 4.69) is 4.98 Å². The minimum Gasteiger partial charge on any atom is -0.297 e. The van der Waals surface area contributed by atoms with Crippen LogP contribution in [-0.4, -0.2) is 17.4 Å². The average molecular weight is 197 g/mol. The van der Waals surface area contributed by atoms with Crippen LogP contribution >= 0.6 is 11.6 Å². The van der Waals surface area contributed by atoms with E-state index in [9.17, 15) is 4.79 Å². The molecule has 1 aliphatic rings. The molecular weight excluding hydrogens is 188 g/mol. The predicted octanol–water partition coefficient (Wildman–Crippen LogP) is 1.64. The van der Waals surface area contributed by atoms with E-state index < -0.39 is 0 Å². The van der Waals surface area contributed by atoms with Crippen molar-refractivity contribution in [2.75, 3.05) is 11.4 Å². The van der Waals surface area contributed by atoms with Gasteiger partial charge in [0.25, 0.3) is 0 Å². The standard InChI is InChI=1S/C9H9ClN2O/c1-6(13)12-3-2-7-4-8(10)5-11-9(7)12/h4-5H,2-3H2,1H3. The minimum atomic E-state index is 0.0357. The number of aromatic nitrogens is 1. The summed E-state index contributed by atoms with van der Waals surface area (Å²) in [5.74, 6) is 0.797. The van der Waals surface area contributed by atoms with Gasteiger partial charge in [-0.05, 0) is 18.1 Å². The lowest BCUT2D eigenvalue weighted by Crippen LogP contribution is -2.26. The fourth-order valence-electron chi connectivity index (χ4n) is 1.55. The Morgan fingerprint density at radius 3 is 3.15 bits per heavy atom. The fourth-order valence-corrected chi connectivity index (χ4v) is 1.73. The third-order valence-corrected chi connectivity index (χ3v) is 2.36. The number of fused-ring (bicyclic) bond motifs is 1. The van der Waals surface area contributed by atoms with Gasteiger partial charge in [0.1, 0.15) is 5.82 Å². The predicted molar refractivity (Wildman–Crippen MR) is 51.0 cm³/mol. The van der Waals surface area contributed by atoms with Crippen LogP contribution in [0.25, 0.3) is 0 Å². The summed E-state index contributed by atoms with van der Waals surface area (Å²) in [6, 6.07) is 1.87. The van der Waals surface area contributed by atoms with Gasteiger partial charge in [0.2, 0.25) is 5.91 Å². The van der Waals surface area contributed by atoms with Crippen LogP contribution in [0.4, 0.5) is 5.82 Å². The molecule has 68 valence electrons. The second kappa shape index (κ2) is 3.00. The maximum absolute atomic E-state index is 11.1. The van der Waals surface area contributed by atoms with Crippen molar-refractivity contribution in [2.45, 2.75) is 13.3 Å². The summed E-state index contributed by atoms with van der Waals surface area (Å²) in [5, 5.41) is 0.629. The summed E-state index contributed by atoms with van der Waals surface area (Å²) < 4.78 is 0. The number of hydrogen-bond donors (Lipinski definition) is 0. The highest BCUT2D eigenvalue weighted by molar-refractivity contribution is 6.30. The van der Waals surface area contributed by atoms with Gasteiger partial charge in [-0.25, -0.2) is 4.98 Å². The molecule has 0 bridgehead atoms. The van der Waals surface area contributed by atoms with Crippen LogP contribution in [-0.2, 0) is 11.2 Å².